The van der Waals surface area contributed by atoms with Gasteiger partial charge in [-0.3, -0.25) is 0 Å². The Morgan fingerprint density at radius 3 is 2.71 bits per heavy atom. The van der Waals surface area contributed by atoms with Crippen LogP contribution in [0.15, 0.2) is 17.8 Å². The highest BCUT2D eigenvalue weighted by Gasteiger charge is 2.17. The first-order valence-electron chi connectivity index (χ1n) is 5.46. The summed E-state index contributed by atoms with van der Waals surface area (Å²) in [6.07, 6.45) is 1.67. The van der Waals surface area contributed by atoms with Gasteiger partial charge in [0.2, 0.25) is 0 Å². The molecule has 2 aromatic heterocycles. The molecule has 0 aliphatic carbocycles. The predicted molar refractivity (Wildman–Crippen MR) is 74.4 cm³/mol. The Labute approximate surface area is 111 Å². The van der Waals surface area contributed by atoms with E-state index in [0.717, 1.165) is 36.8 Å². The van der Waals surface area contributed by atoms with Crippen LogP contribution in [0, 0.1) is 0 Å². The van der Waals surface area contributed by atoms with Gasteiger partial charge in [0.15, 0.2) is 0 Å². The SMILES string of the molecule is CN1CCN(c2ncnc3sccc23)CC1.Cl. The number of fused-ring (bicyclic) bond motifs is 1. The second kappa shape index (κ2) is 5.16. The van der Waals surface area contributed by atoms with Crippen LogP contribution >= 0.6 is 23.7 Å². The first-order chi connectivity index (χ1) is 7.84. The first kappa shape index (κ1) is 12.5. The lowest BCUT2D eigenvalue weighted by atomic mass is 10.3. The zero-order chi connectivity index (χ0) is 11.0. The molecule has 1 aliphatic heterocycles. The van der Waals surface area contributed by atoms with E-state index in [0.29, 0.717) is 0 Å². The lowest BCUT2D eigenvalue weighted by molar-refractivity contribution is 0.312. The van der Waals surface area contributed by atoms with Crippen molar-refractivity contribution < 1.29 is 0 Å². The molecule has 0 radical (unpaired) electrons. The summed E-state index contributed by atoms with van der Waals surface area (Å²) >= 11 is 1.68. The van der Waals surface area contributed by atoms with Gasteiger partial charge in [-0.25, -0.2) is 9.97 Å². The fraction of sp³-hybridized carbons (Fsp3) is 0.455. The molecule has 0 aromatic carbocycles. The molecule has 0 saturated carbocycles. The summed E-state index contributed by atoms with van der Waals surface area (Å²) in [4.78, 5) is 14.5. The van der Waals surface area contributed by atoms with Gasteiger partial charge >= 0.3 is 0 Å². The van der Waals surface area contributed by atoms with Crippen LogP contribution in [0.25, 0.3) is 10.2 Å². The van der Waals surface area contributed by atoms with Gasteiger partial charge in [-0.05, 0) is 18.5 Å². The van der Waals surface area contributed by atoms with E-state index in [-0.39, 0.29) is 12.4 Å². The average Bonchev–Trinajstić information content (AvgIpc) is 2.78. The smallest absolute Gasteiger partial charge is 0.140 e. The van der Waals surface area contributed by atoms with Gasteiger partial charge in [0.05, 0.1) is 5.39 Å². The summed E-state index contributed by atoms with van der Waals surface area (Å²) in [5, 5.41) is 3.27. The second-order valence-electron chi connectivity index (χ2n) is 4.13. The first-order valence-corrected chi connectivity index (χ1v) is 6.34. The third kappa shape index (κ3) is 2.36. The van der Waals surface area contributed by atoms with E-state index < -0.39 is 0 Å². The van der Waals surface area contributed by atoms with Crippen LogP contribution in [-0.2, 0) is 0 Å². The van der Waals surface area contributed by atoms with Crippen LogP contribution in [0.1, 0.15) is 0 Å². The molecule has 3 heterocycles. The van der Waals surface area contributed by atoms with Gasteiger partial charge in [0.1, 0.15) is 17.0 Å². The van der Waals surface area contributed by atoms with E-state index in [2.05, 4.69) is 38.3 Å². The molecule has 1 saturated heterocycles. The highest BCUT2D eigenvalue weighted by atomic mass is 35.5. The Bertz CT molecular complexity index is 493. The summed E-state index contributed by atoms with van der Waals surface area (Å²) in [6.45, 7) is 4.32. The Hall–Kier alpha value is -0.910. The molecule has 0 atom stereocenters. The normalized spacial score (nSPS) is 17.1. The van der Waals surface area contributed by atoms with E-state index >= 15 is 0 Å². The number of piperazine rings is 1. The van der Waals surface area contributed by atoms with Crippen molar-refractivity contribution in [2.24, 2.45) is 0 Å². The van der Waals surface area contributed by atoms with Gasteiger partial charge in [-0.15, -0.1) is 23.7 Å². The van der Waals surface area contributed by atoms with E-state index in [9.17, 15) is 0 Å². The van der Waals surface area contributed by atoms with Crippen LogP contribution in [0.3, 0.4) is 0 Å². The van der Waals surface area contributed by atoms with E-state index in [4.69, 9.17) is 0 Å². The standard InChI is InChI=1S/C11H14N4S.ClH/c1-14-3-5-15(6-4-14)10-9-2-7-16-11(9)13-8-12-10;/h2,7-8H,3-6H2,1H3;1H. The summed E-state index contributed by atoms with van der Waals surface area (Å²) < 4.78 is 0. The van der Waals surface area contributed by atoms with Gasteiger partial charge in [0, 0.05) is 26.2 Å². The number of nitrogens with zero attached hydrogens (tertiary/aromatic N) is 4. The van der Waals surface area contributed by atoms with Crippen molar-refractivity contribution in [2.45, 2.75) is 0 Å². The fourth-order valence-electron chi connectivity index (χ4n) is 2.05. The zero-order valence-corrected chi connectivity index (χ0v) is 11.3. The Balaban J connectivity index is 0.00000108. The van der Waals surface area contributed by atoms with Crippen molar-refractivity contribution >= 4 is 39.8 Å². The van der Waals surface area contributed by atoms with Crippen molar-refractivity contribution in [3.05, 3.63) is 17.8 Å². The summed E-state index contributed by atoms with van der Waals surface area (Å²) in [6, 6.07) is 2.12. The van der Waals surface area contributed by atoms with Crippen LogP contribution in [0.5, 0.6) is 0 Å². The highest BCUT2D eigenvalue weighted by Crippen LogP contribution is 2.27. The molecular formula is C11H15ClN4S. The quantitative estimate of drug-likeness (QED) is 0.792. The zero-order valence-electron chi connectivity index (χ0n) is 9.67. The molecule has 0 bridgehead atoms. The molecule has 17 heavy (non-hydrogen) atoms. The van der Waals surface area contributed by atoms with Gasteiger partial charge in [-0.1, -0.05) is 0 Å². The number of anilines is 1. The highest BCUT2D eigenvalue weighted by molar-refractivity contribution is 7.16. The Morgan fingerprint density at radius 2 is 1.94 bits per heavy atom. The summed E-state index contributed by atoms with van der Waals surface area (Å²) in [7, 11) is 2.16. The minimum absolute atomic E-state index is 0. The monoisotopic (exact) mass is 270 g/mol. The largest absolute Gasteiger partial charge is 0.353 e. The maximum Gasteiger partial charge on any atom is 0.140 e. The lowest BCUT2D eigenvalue weighted by Crippen LogP contribution is -2.44. The molecule has 1 aliphatic rings. The van der Waals surface area contributed by atoms with Crippen molar-refractivity contribution in [2.75, 3.05) is 38.1 Å². The molecule has 0 amide bonds. The Kier molecular flexibility index (Phi) is 3.81. The third-order valence-corrected chi connectivity index (χ3v) is 3.86. The van der Waals surface area contributed by atoms with Crippen LogP contribution in [0.4, 0.5) is 5.82 Å². The molecular weight excluding hydrogens is 256 g/mol. The van der Waals surface area contributed by atoms with E-state index in [1.807, 2.05) is 0 Å². The summed E-state index contributed by atoms with van der Waals surface area (Å²) in [5.41, 5.74) is 0. The summed E-state index contributed by atoms with van der Waals surface area (Å²) in [5.74, 6) is 1.10. The molecule has 3 rings (SSSR count). The maximum atomic E-state index is 4.43. The molecule has 0 unspecified atom stereocenters. The van der Waals surface area contributed by atoms with Crippen LogP contribution < -0.4 is 4.90 Å². The molecule has 1 fully saturated rings. The van der Waals surface area contributed by atoms with Gasteiger partial charge < -0.3 is 9.80 Å². The molecule has 2 aromatic rings. The second-order valence-corrected chi connectivity index (χ2v) is 5.02. The molecule has 6 heteroatoms. The lowest BCUT2D eigenvalue weighted by Gasteiger charge is -2.33. The predicted octanol–water partition coefficient (Wildman–Crippen LogP) is 1.86. The van der Waals surface area contributed by atoms with Crippen LogP contribution in [-0.4, -0.2) is 48.1 Å². The molecule has 0 spiro atoms. The maximum absolute atomic E-state index is 4.43. The van der Waals surface area contributed by atoms with Crippen molar-refractivity contribution in [1.29, 1.82) is 0 Å². The minimum atomic E-state index is 0. The van der Waals surface area contributed by atoms with Crippen molar-refractivity contribution in [3.63, 3.8) is 0 Å². The average molecular weight is 271 g/mol. The van der Waals surface area contributed by atoms with E-state index in [1.54, 1.807) is 17.7 Å². The van der Waals surface area contributed by atoms with Gasteiger partial charge in [0.25, 0.3) is 0 Å². The van der Waals surface area contributed by atoms with Crippen molar-refractivity contribution in [1.82, 2.24) is 14.9 Å². The number of hydrogen-bond acceptors (Lipinski definition) is 5. The van der Waals surface area contributed by atoms with Crippen molar-refractivity contribution in [3.8, 4) is 0 Å². The fourth-order valence-corrected chi connectivity index (χ4v) is 2.77. The number of halogens is 1. The molecule has 92 valence electrons. The number of likely N-dealkylation sites (N-methyl/N-ethyl adjacent to an activating group) is 1. The number of aromatic nitrogens is 2. The number of hydrogen-bond donors (Lipinski definition) is 0. The number of thiophene rings is 1. The number of rotatable bonds is 1. The van der Waals surface area contributed by atoms with Crippen LogP contribution in [0.2, 0.25) is 0 Å². The molecule has 4 nitrogen and oxygen atoms in total. The Morgan fingerprint density at radius 1 is 1.18 bits per heavy atom. The van der Waals surface area contributed by atoms with Gasteiger partial charge in [-0.2, -0.15) is 0 Å². The topological polar surface area (TPSA) is 32.3 Å². The molecule has 0 N–H and O–H groups in total. The minimum Gasteiger partial charge on any atom is -0.353 e. The third-order valence-electron chi connectivity index (χ3n) is 3.04. The van der Waals surface area contributed by atoms with E-state index in [1.165, 1.54) is 5.39 Å².